The maximum atomic E-state index is 12.8. The minimum Gasteiger partial charge on any atom is -0.494 e. The first-order valence-electron chi connectivity index (χ1n) is 9.46. The Morgan fingerprint density at radius 2 is 2.10 bits per heavy atom. The molecule has 0 unspecified atom stereocenters. The Morgan fingerprint density at radius 1 is 1.33 bits per heavy atom. The molecule has 0 spiro atoms. The van der Waals surface area contributed by atoms with E-state index in [4.69, 9.17) is 16.3 Å². The summed E-state index contributed by atoms with van der Waals surface area (Å²) in [5.41, 5.74) is 1.29. The summed E-state index contributed by atoms with van der Waals surface area (Å²) in [6.45, 7) is 6.51. The highest BCUT2D eigenvalue weighted by Gasteiger charge is 2.38. The van der Waals surface area contributed by atoms with Gasteiger partial charge in [-0.3, -0.25) is 14.5 Å². The molecular weight excluding hydrogens is 422 g/mol. The minimum absolute atomic E-state index is 0.0406. The molecule has 3 rings (SSSR count). The quantitative estimate of drug-likeness (QED) is 0.590. The number of amidine groups is 1. The maximum Gasteiger partial charge on any atom is 0.242 e. The number of aliphatic imine (C=N–C) groups is 1. The number of carbonyl (C=O) groups is 2. The van der Waals surface area contributed by atoms with Gasteiger partial charge in [-0.05, 0) is 49.4 Å². The molecule has 1 saturated heterocycles. The van der Waals surface area contributed by atoms with Crippen molar-refractivity contribution in [1.29, 1.82) is 0 Å². The van der Waals surface area contributed by atoms with Crippen LogP contribution in [-0.2, 0) is 9.59 Å². The van der Waals surface area contributed by atoms with Crippen molar-refractivity contribution in [2.75, 3.05) is 18.5 Å². The second-order valence-electron chi connectivity index (χ2n) is 6.43. The molecule has 1 fully saturated rings. The van der Waals surface area contributed by atoms with Crippen molar-refractivity contribution in [3.05, 3.63) is 66.2 Å². The number of hydrogen-bond acceptors (Lipinski definition) is 5. The lowest BCUT2D eigenvalue weighted by Gasteiger charge is -2.14. The summed E-state index contributed by atoms with van der Waals surface area (Å²) in [5.74, 6) is 0.328. The van der Waals surface area contributed by atoms with Crippen LogP contribution in [-0.4, -0.2) is 40.3 Å². The van der Waals surface area contributed by atoms with Crippen LogP contribution >= 0.6 is 23.4 Å². The zero-order valence-corrected chi connectivity index (χ0v) is 18.1. The Kier molecular flexibility index (Phi) is 7.54. The molecule has 2 aromatic carbocycles. The van der Waals surface area contributed by atoms with Crippen molar-refractivity contribution in [2.24, 2.45) is 4.99 Å². The molecule has 6 nitrogen and oxygen atoms in total. The lowest BCUT2D eigenvalue weighted by atomic mass is 10.2. The summed E-state index contributed by atoms with van der Waals surface area (Å²) in [5, 5.41) is 3.36. The van der Waals surface area contributed by atoms with Crippen LogP contribution in [0.3, 0.4) is 0 Å². The molecular formula is C22H22ClN3O3S. The summed E-state index contributed by atoms with van der Waals surface area (Å²) < 4.78 is 5.39. The summed E-state index contributed by atoms with van der Waals surface area (Å²) >= 11 is 7.29. The number of nitrogens with one attached hydrogen (secondary N) is 1. The Bertz CT molecular complexity index is 962. The Hall–Kier alpha value is -2.77. The number of amides is 2. The van der Waals surface area contributed by atoms with Crippen LogP contribution in [0.5, 0.6) is 5.75 Å². The van der Waals surface area contributed by atoms with E-state index < -0.39 is 5.25 Å². The van der Waals surface area contributed by atoms with Gasteiger partial charge in [0.2, 0.25) is 11.8 Å². The second kappa shape index (κ2) is 10.3. The first-order chi connectivity index (χ1) is 14.5. The van der Waals surface area contributed by atoms with Gasteiger partial charge in [0.25, 0.3) is 0 Å². The molecule has 0 bridgehead atoms. The van der Waals surface area contributed by atoms with E-state index in [1.807, 2.05) is 13.0 Å². The van der Waals surface area contributed by atoms with Crippen LogP contribution in [0.15, 0.2) is 66.2 Å². The lowest BCUT2D eigenvalue weighted by Crippen LogP contribution is -2.33. The van der Waals surface area contributed by atoms with Gasteiger partial charge in [-0.1, -0.05) is 35.5 Å². The molecule has 30 heavy (non-hydrogen) atoms. The number of carbonyl (C=O) groups excluding carboxylic acids is 2. The number of ether oxygens (including phenoxy) is 1. The number of nitrogens with zero attached hydrogens (tertiary/aromatic N) is 2. The number of halogens is 1. The fraction of sp³-hybridized carbons (Fsp3) is 0.227. The summed E-state index contributed by atoms with van der Waals surface area (Å²) in [6.07, 6.45) is 1.67. The van der Waals surface area contributed by atoms with Crippen LogP contribution in [0.1, 0.15) is 13.3 Å². The second-order valence-corrected chi connectivity index (χ2v) is 8.03. The van der Waals surface area contributed by atoms with Crippen LogP contribution in [0.4, 0.5) is 11.4 Å². The average molecular weight is 444 g/mol. The highest BCUT2D eigenvalue weighted by atomic mass is 35.5. The van der Waals surface area contributed by atoms with Gasteiger partial charge in [-0.25, -0.2) is 4.99 Å². The maximum absolute atomic E-state index is 12.8. The van der Waals surface area contributed by atoms with E-state index in [1.165, 1.54) is 16.7 Å². The number of rotatable bonds is 8. The highest BCUT2D eigenvalue weighted by molar-refractivity contribution is 8.15. The molecule has 1 N–H and O–H groups in total. The van der Waals surface area contributed by atoms with E-state index in [0.717, 1.165) is 5.75 Å². The van der Waals surface area contributed by atoms with E-state index in [9.17, 15) is 9.59 Å². The molecule has 156 valence electrons. The topological polar surface area (TPSA) is 71.0 Å². The van der Waals surface area contributed by atoms with E-state index >= 15 is 0 Å². The van der Waals surface area contributed by atoms with E-state index in [-0.39, 0.29) is 18.2 Å². The van der Waals surface area contributed by atoms with Crippen molar-refractivity contribution in [3.8, 4) is 5.75 Å². The predicted octanol–water partition coefficient (Wildman–Crippen LogP) is 4.89. The molecule has 2 amide bonds. The number of benzene rings is 2. The Labute approximate surface area is 185 Å². The zero-order valence-electron chi connectivity index (χ0n) is 16.5. The first-order valence-corrected chi connectivity index (χ1v) is 10.7. The molecule has 0 saturated carbocycles. The van der Waals surface area contributed by atoms with Crippen LogP contribution in [0, 0.1) is 0 Å². The van der Waals surface area contributed by atoms with Gasteiger partial charge in [-0.15, -0.1) is 6.58 Å². The molecule has 0 aliphatic carbocycles. The Morgan fingerprint density at radius 3 is 2.77 bits per heavy atom. The number of anilines is 1. The molecule has 1 aliphatic rings. The van der Waals surface area contributed by atoms with E-state index in [1.54, 1.807) is 48.5 Å². The van der Waals surface area contributed by atoms with Crippen molar-refractivity contribution in [3.63, 3.8) is 0 Å². The van der Waals surface area contributed by atoms with Crippen LogP contribution < -0.4 is 10.1 Å². The van der Waals surface area contributed by atoms with Crippen LogP contribution in [0.25, 0.3) is 0 Å². The fourth-order valence-corrected chi connectivity index (χ4v) is 4.21. The van der Waals surface area contributed by atoms with Gasteiger partial charge >= 0.3 is 0 Å². The van der Waals surface area contributed by atoms with Crippen molar-refractivity contribution < 1.29 is 14.3 Å². The molecule has 1 atom stereocenters. The highest BCUT2D eigenvalue weighted by Crippen LogP contribution is 2.32. The first kappa shape index (κ1) is 21.9. The number of hydrogen-bond donors (Lipinski definition) is 1. The van der Waals surface area contributed by atoms with E-state index in [2.05, 4.69) is 16.9 Å². The summed E-state index contributed by atoms with van der Waals surface area (Å²) in [4.78, 5) is 31.4. The smallest absolute Gasteiger partial charge is 0.242 e. The largest absolute Gasteiger partial charge is 0.494 e. The third-order valence-electron chi connectivity index (χ3n) is 4.18. The molecule has 1 heterocycles. The van der Waals surface area contributed by atoms with Crippen molar-refractivity contribution >= 4 is 51.7 Å². The van der Waals surface area contributed by atoms with Crippen molar-refractivity contribution in [1.82, 2.24) is 4.90 Å². The lowest BCUT2D eigenvalue weighted by molar-refractivity contribution is -0.127. The van der Waals surface area contributed by atoms with Gasteiger partial charge in [-0.2, -0.15) is 0 Å². The third kappa shape index (κ3) is 5.64. The molecule has 8 heteroatoms. The molecule has 0 aromatic heterocycles. The third-order valence-corrected chi connectivity index (χ3v) is 5.59. The normalized spacial score (nSPS) is 17.3. The summed E-state index contributed by atoms with van der Waals surface area (Å²) in [7, 11) is 0. The fourth-order valence-electron chi connectivity index (χ4n) is 2.86. The minimum atomic E-state index is -0.550. The molecule has 0 radical (unpaired) electrons. The predicted molar refractivity (Wildman–Crippen MR) is 123 cm³/mol. The molecule has 2 aromatic rings. The zero-order chi connectivity index (χ0) is 21.5. The molecule has 1 aliphatic heterocycles. The van der Waals surface area contributed by atoms with Crippen LogP contribution in [0.2, 0.25) is 5.02 Å². The van der Waals surface area contributed by atoms with Gasteiger partial charge in [0.05, 0.1) is 12.3 Å². The standard InChI is InChI=1S/C22H22ClN3O3S/c1-3-12-26-21(28)19(30-22(26)25-17-7-5-6-15(23)13-17)14-20(27)24-16-8-10-18(11-9-16)29-4-2/h3,5-11,13,19H,1,4,12,14H2,2H3,(H,24,27)/t19-/m0/s1. The number of thioether (sulfide) groups is 1. The Balaban J connectivity index is 1.68. The van der Waals surface area contributed by atoms with Gasteiger partial charge in [0.15, 0.2) is 5.17 Å². The SMILES string of the molecule is C=CCN1C(=O)[C@H](CC(=O)Nc2ccc(OCC)cc2)SC1=Nc1cccc(Cl)c1. The van der Waals surface area contributed by atoms with E-state index in [0.29, 0.717) is 34.7 Å². The average Bonchev–Trinajstić information content (AvgIpc) is 2.99. The van der Waals surface area contributed by atoms with Gasteiger partial charge < -0.3 is 10.1 Å². The monoisotopic (exact) mass is 443 g/mol. The van der Waals surface area contributed by atoms with Gasteiger partial charge in [0.1, 0.15) is 11.0 Å². The van der Waals surface area contributed by atoms with Crippen molar-refractivity contribution in [2.45, 2.75) is 18.6 Å². The van der Waals surface area contributed by atoms with Gasteiger partial charge in [0, 0.05) is 23.7 Å². The summed E-state index contributed by atoms with van der Waals surface area (Å²) in [6, 6.07) is 14.2.